The molecule has 0 radical (unpaired) electrons. The van der Waals surface area contributed by atoms with E-state index in [1.807, 2.05) is 4.90 Å². The molecule has 3 N–H and O–H groups in total. The van der Waals surface area contributed by atoms with Gasteiger partial charge >= 0.3 is 0 Å². The second kappa shape index (κ2) is 6.42. The molecule has 0 bridgehead atoms. The van der Waals surface area contributed by atoms with Crippen LogP contribution >= 0.6 is 24.0 Å². The highest BCUT2D eigenvalue weighted by molar-refractivity contribution is 6.31. The van der Waals surface area contributed by atoms with Crippen LogP contribution in [0.25, 0.3) is 0 Å². The number of halogens is 2. The standard InChI is InChI=1S/C15H19ClN2O2.ClH/c16-13-6-11(19)3-1-9(13)5-15(20)18-7-10-2-4-14(17)12(10)8-18;/h1,3,6,10,12,14,19H,2,4-5,7-8,17H2;1H. The van der Waals surface area contributed by atoms with E-state index in [1.54, 1.807) is 12.1 Å². The fourth-order valence-electron chi connectivity index (χ4n) is 3.47. The van der Waals surface area contributed by atoms with Gasteiger partial charge in [-0.15, -0.1) is 12.4 Å². The summed E-state index contributed by atoms with van der Waals surface area (Å²) in [4.78, 5) is 14.3. The van der Waals surface area contributed by atoms with Crippen LogP contribution in [0, 0.1) is 11.8 Å². The van der Waals surface area contributed by atoms with Gasteiger partial charge in [0.25, 0.3) is 0 Å². The predicted octanol–water partition coefficient (Wildman–Crippen LogP) is 2.21. The molecule has 3 unspecified atom stereocenters. The number of aromatic hydroxyl groups is 1. The Hall–Kier alpha value is -0.970. The zero-order chi connectivity index (χ0) is 14.3. The zero-order valence-corrected chi connectivity index (χ0v) is 13.2. The molecule has 1 amide bonds. The molecule has 0 spiro atoms. The zero-order valence-electron chi connectivity index (χ0n) is 11.7. The Morgan fingerprint density at radius 3 is 2.81 bits per heavy atom. The van der Waals surface area contributed by atoms with Gasteiger partial charge in [-0.1, -0.05) is 17.7 Å². The fraction of sp³-hybridized carbons (Fsp3) is 0.533. The maximum Gasteiger partial charge on any atom is 0.227 e. The number of carbonyl (C=O) groups excluding carboxylic acids is 1. The summed E-state index contributed by atoms with van der Waals surface area (Å²) < 4.78 is 0. The summed E-state index contributed by atoms with van der Waals surface area (Å²) in [6, 6.07) is 4.98. The molecule has 1 aromatic carbocycles. The van der Waals surface area contributed by atoms with Gasteiger partial charge in [0.1, 0.15) is 5.75 Å². The first kappa shape index (κ1) is 16.4. The lowest BCUT2D eigenvalue weighted by Gasteiger charge is -2.19. The van der Waals surface area contributed by atoms with Gasteiger partial charge in [0, 0.05) is 24.2 Å². The quantitative estimate of drug-likeness (QED) is 0.873. The number of hydrogen-bond donors (Lipinski definition) is 2. The summed E-state index contributed by atoms with van der Waals surface area (Å²) in [6.07, 6.45) is 2.50. The maximum atomic E-state index is 12.4. The van der Waals surface area contributed by atoms with E-state index in [9.17, 15) is 9.90 Å². The molecule has 2 fully saturated rings. The SMILES string of the molecule is Cl.NC1CCC2CN(C(=O)Cc3ccc(O)cc3Cl)CC12. The molecule has 21 heavy (non-hydrogen) atoms. The van der Waals surface area contributed by atoms with Crippen LogP contribution in [-0.2, 0) is 11.2 Å². The summed E-state index contributed by atoms with van der Waals surface area (Å²) in [6.45, 7) is 1.60. The molecule has 1 aromatic rings. The third-order valence-corrected chi connectivity index (χ3v) is 5.00. The van der Waals surface area contributed by atoms with Crippen molar-refractivity contribution in [3.8, 4) is 5.75 Å². The minimum Gasteiger partial charge on any atom is -0.508 e. The summed E-state index contributed by atoms with van der Waals surface area (Å²) in [7, 11) is 0. The van der Waals surface area contributed by atoms with Crippen LogP contribution in [0.1, 0.15) is 18.4 Å². The molecule has 116 valence electrons. The number of phenols is 1. The van der Waals surface area contributed by atoms with Crippen LogP contribution in [0.15, 0.2) is 18.2 Å². The van der Waals surface area contributed by atoms with Crippen molar-refractivity contribution in [2.45, 2.75) is 25.3 Å². The second-order valence-electron chi connectivity index (χ2n) is 5.92. The molecule has 4 nitrogen and oxygen atoms in total. The molecular formula is C15H20Cl2N2O2. The molecule has 2 aliphatic rings. The van der Waals surface area contributed by atoms with Crippen molar-refractivity contribution >= 4 is 29.9 Å². The third-order valence-electron chi connectivity index (χ3n) is 4.64. The summed E-state index contributed by atoms with van der Waals surface area (Å²) >= 11 is 6.05. The average molecular weight is 331 g/mol. The average Bonchev–Trinajstić information content (AvgIpc) is 2.96. The van der Waals surface area contributed by atoms with E-state index in [1.165, 1.54) is 6.07 Å². The van der Waals surface area contributed by atoms with Crippen molar-refractivity contribution < 1.29 is 9.90 Å². The number of nitrogens with zero attached hydrogens (tertiary/aromatic N) is 1. The highest BCUT2D eigenvalue weighted by Crippen LogP contribution is 2.37. The molecule has 1 saturated carbocycles. The van der Waals surface area contributed by atoms with Gasteiger partial charge in [0.05, 0.1) is 6.42 Å². The Bertz CT molecular complexity index is 538. The first-order chi connectivity index (χ1) is 9.54. The molecule has 0 aromatic heterocycles. The Balaban J connectivity index is 0.00000161. The van der Waals surface area contributed by atoms with Gasteiger partial charge in [-0.25, -0.2) is 0 Å². The third kappa shape index (κ3) is 3.28. The van der Waals surface area contributed by atoms with Crippen LogP contribution in [0.4, 0.5) is 0 Å². The van der Waals surface area contributed by atoms with Crippen LogP contribution in [0.2, 0.25) is 5.02 Å². The lowest BCUT2D eigenvalue weighted by atomic mass is 9.98. The van der Waals surface area contributed by atoms with Crippen LogP contribution in [0.3, 0.4) is 0 Å². The number of fused-ring (bicyclic) bond motifs is 1. The monoisotopic (exact) mass is 330 g/mol. The number of rotatable bonds is 2. The van der Waals surface area contributed by atoms with Crippen molar-refractivity contribution in [2.75, 3.05) is 13.1 Å². The molecule has 3 atom stereocenters. The maximum absolute atomic E-state index is 12.4. The molecule has 1 heterocycles. The Labute approximate surface area is 135 Å². The van der Waals surface area contributed by atoms with Crippen LogP contribution < -0.4 is 5.73 Å². The Morgan fingerprint density at radius 2 is 2.14 bits per heavy atom. The Morgan fingerprint density at radius 1 is 1.38 bits per heavy atom. The van der Waals surface area contributed by atoms with Gasteiger partial charge < -0.3 is 15.7 Å². The molecule has 1 aliphatic carbocycles. The van der Waals surface area contributed by atoms with Gasteiger partial charge in [-0.05, 0) is 42.4 Å². The van der Waals surface area contributed by atoms with Gasteiger partial charge in [-0.3, -0.25) is 4.79 Å². The number of likely N-dealkylation sites (tertiary alicyclic amines) is 1. The van der Waals surface area contributed by atoms with E-state index in [4.69, 9.17) is 17.3 Å². The number of benzene rings is 1. The number of nitrogens with two attached hydrogens (primary N) is 1. The fourth-order valence-corrected chi connectivity index (χ4v) is 3.71. The van der Waals surface area contributed by atoms with E-state index in [0.717, 1.165) is 31.5 Å². The number of hydrogen-bond acceptors (Lipinski definition) is 3. The minimum atomic E-state index is 0. The lowest BCUT2D eigenvalue weighted by molar-refractivity contribution is -0.129. The van der Waals surface area contributed by atoms with Gasteiger partial charge in [-0.2, -0.15) is 0 Å². The molecular weight excluding hydrogens is 311 g/mol. The van der Waals surface area contributed by atoms with Crippen molar-refractivity contribution in [2.24, 2.45) is 17.6 Å². The van der Waals surface area contributed by atoms with Crippen LogP contribution in [-0.4, -0.2) is 35.0 Å². The van der Waals surface area contributed by atoms with Crippen molar-refractivity contribution in [1.82, 2.24) is 4.90 Å². The minimum absolute atomic E-state index is 0. The molecule has 6 heteroatoms. The summed E-state index contributed by atoms with van der Waals surface area (Å²) in [5.41, 5.74) is 6.85. The topological polar surface area (TPSA) is 66.6 Å². The van der Waals surface area contributed by atoms with Crippen molar-refractivity contribution in [3.05, 3.63) is 28.8 Å². The lowest BCUT2D eigenvalue weighted by Crippen LogP contribution is -2.34. The molecule has 1 aliphatic heterocycles. The summed E-state index contributed by atoms with van der Waals surface area (Å²) in [5.74, 6) is 1.26. The van der Waals surface area contributed by atoms with Crippen molar-refractivity contribution in [3.63, 3.8) is 0 Å². The number of amides is 1. The van der Waals surface area contributed by atoms with E-state index in [2.05, 4.69) is 0 Å². The van der Waals surface area contributed by atoms with E-state index < -0.39 is 0 Å². The first-order valence-corrected chi connectivity index (χ1v) is 7.43. The first-order valence-electron chi connectivity index (χ1n) is 7.05. The highest BCUT2D eigenvalue weighted by atomic mass is 35.5. The van der Waals surface area contributed by atoms with Crippen LogP contribution in [0.5, 0.6) is 5.75 Å². The van der Waals surface area contributed by atoms with E-state index in [0.29, 0.717) is 16.9 Å². The predicted molar refractivity (Wildman–Crippen MR) is 84.8 cm³/mol. The molecule has 3 rings (SSSR count). The van der Waals surface area contributed by atoms with Gasteiger partial charge in [0.2, 0.25) is 5.91 Å². The van der Waals surface area contributed by atoms with Crippen molar-refractivity contribution in [1.29, 1.82) is 0 Å². The molecule has 1 saturated heterocycles. The smallest absolute Gasteiger partial charge is 0.227 e. The number of carbonyl (C=O) groups is 1. The second-order valence-corrected chi connectivity index (χ2v) is 6.32. The van der Waals surface area contributed by atoms with Gasteiger partial charge in [0.15, 0.2) is 0 Å². The van der Waals surface area contributed by atoms with E-state index >= 15 is 0 Å². The number of phenolic OH excluding ortho intramolecular Hbond substituents is 1. The Kier molecular flexibility index (Phi) is 5.02. The highest BCUT2D eigenvalue weighted by Gasteiger charge is 2.42. The van der Waals surface area contributed by atoms with E-state index in [-0.39, 0.29) is 36.5 Å². The summed E-state index contributed by atoms with van der Waals surface area (Å²) in [5, 5.41) is 9.77. The largest absolute Gasteiger partial charge is 0.508 e. The normalized spacial score (nSPS) is 27.3.